The zero-order chi connectivity index (χ0) is 20.9. The maximum absolute atomic E-state index is 14.3. The smallest absolute Gasteiger partial charge is 0.307 e. The molecule has 1 unspecified atom stereocenters. The number of amides is 1. The number of benzene rings is 2. The molecule has 6 nitrogen and oxygen atoms in total. The number of thiazole rings is 1. The van der Waals surface area contributed by atoms with Gasteiger partial charge in [0.05, 0.1) is 38.4 Å². The van der Waals surface area contributed by atoms with Crippen LogP contribution in [0.2, 0.25) is 15.1 Å². The minimum atomic E-state index is -1.35. The summed E-state index contributed by atoms with van der Waals surface area (Å²) in [7, 11) is 0. The van der Waals surface area contributed by atoms with Crippen LogP contribution in [0.1, 0.15) is 11.4 Å². The van der Waals surface area contributed by atoms with Crippen LogP contribution in [0.5, 0.6) is 5.75 Å². The Morgan fingerprint density at radius 3 is 2.79 bits per heavy atom. The predicted octanol–water partition coefficient (Wildman–Crippen LogP) is 5.16. The fourth-order valence-corrected chi connectivity index (χ4v) is 4.78. The zero-order valence-corrected chi connectivity index (χ0v) is 17.4. The molecule has 1 N–H and O–H groups in total. The molecule has 0 saturated heterocycles. The van der Waals surface area contributed by atoms with Crippen LogP contribution in [0.25, 0.3) is 10.2 Å². The van der Waals surface area contributed by atoms with E-state index in [0.717, 1.165) is 0 Å². The quantitative estimate of drug-likeness (QED) is 0.527. The summed E-state index contributed by atoms with van der Waals surface area (Å²) in [6, 6.07) is 5.62. The van der Waals surface area contributed by atoms with Crippen LogP contribution < -0.4 is 9.64 Å². The summed E-state index contributed by atoms with van der Waals surface area (Å²) in [6.45, 7) is -0.0433. The van der Waals surface area contributed by atoms with Crippen molar-refractivity contribution in [2.45, 2.75) is 19.1 Å². The van der Waals surface area contributed by atoms with E-state index in [-0.39, 0.29) is 28.0 Å². The van der Waals surface area contributed by atoms with Crippen LogP contribution in [0.15, 0.2) is 24.3 Å². The van der Waals surface area contributed by atoms with Gasteiger partial charge in [-0.05, 0) is 18.2 Å². The monoisotopic (exact) mass is 474 g/mol. The molecule has 11 heteroatoms. The molecule has 1 aromatic heterocycles. The van der Waals surface area contributed by atoms with Gasteiger partial charge in [-0.3, -0.25) is 14.5 Å². The first-order valence-electron chi connectivity index (χ1n) is 8.17. The molecule has 1 atom stereocenters. The molecule has 29 heavy (non-hydrogen) atoms. The molecule has 0 aliphatic carbocycles. The van der Waals surface area contributed by atoms with E-state index in [0.29, 0.717) is 20.2 Å². The second kappa shape index (κ2) is 7.60. The number of carboxylic acids is 1. The number of nitrogens with zero attached hydrogens (tertiary/aromatic N) is 2. The zero-order valence-electron chi connectivity index (χ0n) is 14.3. The molecule has 150 valence electrons. The number of fused-ring (bicyclic) bond motifs is 2. The van der Waals surface area contributed by atoms with Gasteiger partial charge in [0.15, 0.2) is 17.7 Å². The standard InChI is InChI=1S/C18H10Cl3FN2O4S/c19-7-4-8(20)17-15(14(7)21)23-12(29-17)6-24-10-3-1-2-9(22)16(10)28-11(18(24)27)5-13(25)26/h1-4,11H,5-6H2,(H,25,26). The molecule has 0 spiro atoms. The molecule has 0 fully saturated rings. The average molecular weight is 476 g/mol. The van der Waals surface area contributed by atoms with E-state index in [1.807, 2.05) is 0 Å². The highest BCUT2D eigenvalue weighted by molar-refractivity contribution is 7.19. The largest absolute Gasteiger partial charge is 0.481 e. The van der Waals surface area contributed by atoms with Crippen LogP contribution >= 0.6 is 46.1 Å². The van der Waals surface area contributed by atoms with Gasteiger partial charge in [0, 0.05) is 0 Å². The SMILES string of the molecule is O=C(O)CC1Oc2c(F)cccc2N(Cc2nc3c(Cl)c(Cl)cc(Cl)c3s2)C1=O. The Kier molecular flexibility index (Phi) is 5.29. The molecule has 3 aromatic rings. The summed E-state index contributed by atoms with van der Waals surface area (Å²) < 4.78 is 20.2. The van der Waals surface area contributed by atoms with Gasteiger partial charge in [0.25, 0.3) is 5.91 Å². The third-order valence-corrected chi connectivity index (χ3v) is 6.51. The lowest BCUT2D eigenvalue weighted by atomic mass is 10.1. The first-order chi connectivity index (χ1) is 13.8. The summed E-state index contributed by atoms with van der Waals surface area (Å²) in [5.74, 6) is -2.73. The van der Waals surface area contributed by atoms with Gasteiger partial charge >= 0.3 is 5.97 Å². The van der Waals surface area contributed by atoms with E-state index in [2.05, 4.69) is 4.98 Å². The Bertz CT molecular complexity index is 1170. The van der Waals surface area contributed by atoms with Crippen molar-refractivity contribution in [3.05, 3.63) is 50.2 Å². The Labute approximate surface area is 182 Å². The number of carboxylic acid groups (broad SMARTS) is 1. The van der Waals surface area contributed by atoms with Crippen LogP contribution in [0, 0.1) is 5.82 Å². The molecule has 2 aromatic carbocycles. The lowest BCUT2D eigenvalue weighted by Crippen LogP contribution is -2.46. The van der Waals surface area contributed by atoms with Gasteiger partial charge in [-0.25, -0.2) is 9.37 Å². The number of carbonyl (C=O) groups excluding carboxylic acids is 1. The maximum atomic E-state index is 14.3. The highest BCUT2D eigenvalue weighted by Gasteiger charge is 2.37. The van der Waals surface area contributed by atoms with Gasteiger partial charge < -0.3 is 9.84 Å². The van der Waals surface area contributed by atoms with E-state index in [1.54, 1.807) is 0 Å². The van der Waals surface area contributed by atoms with Gasteiger partial charge in [-0.1, -0.05) is 40.9 Å². The van der Waals surface area contributed by atoms with Gasteiger partial charge in [-0.15, -0.1) is 11.3 Å². The normalized spacial score (nSPS) is 16.1. The third kappa shape index (κ3) is 3.61. The molecule has 0 saturated carbocycles. The van der Waals surface area contributed by atoms with Crippen molar-refractivity contribution in [1.29, 1.82) is 0 Å². The second-order valence-corrected chi connectivity index (χ2v) is 8.43. The number of anilines is 1. The highest BCUT2D eigenvalue weighted by atomic mass is 35.5. The number of hydrogen-bond donors (Lipinski definition) is 1. The van der Waals surface area contributed by atoms with Crippen molar-refractivity contribution in [3.8, 4) is 5.75 Å². The third-order valence-electron chi connectivity index (χ3n) is 4.25. The summed E-state index contributed by atoms with van der Waals surface area (Å²) in [5.41, 5.74) is 0.581. The van der Waals surface area contributed by atoms with Crippen molar-refractivity contribution in [3.63, 3.8) is 0 Å². The van der Waals surface area contributed by atoms with Crippen LogP contribution in [0.3, 0.4) is 0 Å². The van der Waals surface area contributed by atoms with Gasteiger partial charge in [0.1, 0.15) is 10.5 Å². The second-order valence-electron chi connectivity index (χ2n) is 6.16. The first-order valence-corrected chi connectivity index (χ1v) is 10.1. The molecule has 2 heterocycles. The van der Waals surface area contributed by atoms with E-state index < -0.39 is 30.2 Å². The summed E-state index contributed by atoms with van der Waals surface area (Å²) in [6.07, 6.45) is -1.95. The number of ether oxygens (including phenoxy) is 1. The average Bonchev–Trinajstić information content (AvgIpc) is 3.08. The number of rotatable bonds is 4. The molecular formula is C18H10Cl3FN2O4S. The first kappa shape index (κ1) is 20.2. The number of aromatic nitrogens is 1. The van der Waals surface area contributed by atoms with Crippen LogP contribution in [0.4, 0.5) is 10.1 Å². The van der Waals surface area contributed by atoms with Gasteiger partial charge in [0.2, 0.25) is 0 Å². The van der Waals surface area contributed by atoms with Crippen molar-refractivity contribution in [2.75, 3.05) is 4.90 Å². The molecule has 1 aliphatic heterocycles. The molecular weight excluding hydrogens is 466 g/mol. The summed E-state index contributed by atoms with van der Waals surface area (Å²) in [5, 5.41) is 10.4. The molecule has 0 radical (unpaired) electrons. The number of halogens is 4. The van der Waals surface area contributed by atoms with Crippen LogP contribution in [-0.4, -0.2) is 28.1 Å². The van der Waals surface area contributed by atoms with Crippen molar-refractivity contribution < 1.29 is 23.8 Å². The van der Waals surface area contributed by atoms with E-state index in [4.69, 9.17) is 44.6 Å². The fourth-order valence-electron chi connectivity index (χ4n) is 2.99. The van der Waals surface area contributed by atoms with Crippen molar-refractivity contribution in [2.24, 2.45) is 0 Å². The predicted molar refractivity (Wildman–Crippen MR) is 109 cm³/mol. The van der Waals surface area contributed by atoms with E-state index in [1.165, 1.54) is 40.5 Å². The maximum Gasteiger partial charge on any atom is 0.307 e. The highest BCUT2D eigenvalue weighted by Crippen LogP contribution is 2.41. The number of hydrogen-bond acceptors (Lipinski definition) is 5. The van der Waals surface area contributed by atoms with E-state index >= 15 is 0 Å². The lowest BCUT2D eigenvalue weighted by Gasteiger charge is -2.33. The Morgan fingerprint density at radius 2 is 2.07 bits per heavy atom. The Balaban J connectivity index is 1.77. The molecule has 1 amide bonds. The fraction of sp³-hybridized carbons (Fsp3) is 0.167. The number of aliphatic carboxylic acids is 1. The topological polar surface area (TPSA) is 79.7 Å². The number of carbonyl (C=O) groups is 2. The summed E-state index contributed by atoms with van der Waals surface area (Å²) in [4.78, 5) is 29.6. The Hall–Kier alpha value is -2.13. The van der Waals surface area contributed by atoms with E-state index in [9.17, 15) is 14.0 Å². The minimum absolute atomic E-state index is 0.0433. The lowest BCUT2D eigenvalue weighted by molar-refractivity contribution is -0.142. The minimum Gasteiger partial charge on any atom is -0.481 e. The molecule has 0 bridgehead atoms. The number of para-hydroxylation sites is 1. The van der Waals surface area contributed by atoms with Crippen LogP contribution in [-0.2, 0) is 16.1 Å². The molecule has 1 aliphatic rings. The summed E-state index contributed by atoms with van der Waals surface area (Å²) >= 11 is 19.7. The Morgan fingerprint density at radius 1 is 1.31 bits per heavy atom. The van der Waals surface area contributed by atoms with Gasteiger partial charge in [-0.2, -0.15) is 0 Å². The van der Waals surface area contributed by atoms with Crippen molar-refractivity contribution in [1.82, 2.24) is 4.98 Å². The van der Waals surface area contributed by atoms with Crippen molar-refractivity contribution >= 4 is 73.9 Å². The molecule has 4 rings (SSSR count).